The van der Waals surface area contributed by atoms with Crippen LogP contribution in [-0.4, -0.2) is 30.8 Å². The van der Waals surface area contributed by atoms with Gasteiger partial charge in [0.2, 0.25) is 0 Å². The normalized spacial score (nSPS) is 28.6. The lowest BCUT2D eigenvalue weighted by atomic mass is 9.76. The van der Waals surface area contributed by atoms with Gasteiger partial charge in [0.1, 0.15) is 6.29 Å². The third kappa shape index (κ3) is 4.81. The van der Waals surface area contributed by atoms with E-state index < -0.39 is 0 Å². The fraction of sp³-hybridized carbons (Fsp3) is 0.947. The first-order chi connectivity index (χ1) is 9.95. The molecule has 0 bridgehead atoms. The summed E-state index contributed by atoms with van der Waals surface area (Å²) in [5.41, 5.74) is 0.402. The molecule has 1 atom stereocenters. The van der Waals surface area contributed by atoms with Crippen LogP contribution >= 0.6 is 0 Å². The number of rotatable bonds is 3. The van der Waals surface area contributed by atoms with E-state index in [1.165, 1.54) is 64.3 Å². The van der Waals surface area contributed by atoms with Crippen LogP contribution in [0.2, 0.25) is 0 Å². The van der Waals surface area contributed by atoms with Crippen molar-refractivity contribution in [3.8, 4) is 0 Å². The third-order valence-corrected chi connectivity index (χ3v) is 5.93. The highest BCUT2D eigenvalue weighted by atomic mass is 16.1. The van der Waals surface area contributed by atoms with Gasteiger partial charge < -0.3 is 9.69 Å². The van der Waals surface area contributed by atoms with Crippen LogP contribution in [0.1, 0.15) is 78.6 Å². The molecular weight excluding hydrogens is 258 g/mol. The van der Waals surface area contributed by atoms with Crippen LogP contribution in [0.4, 0.5) is 0 Å². The predicted molar refractivity (Wildman–Crippen MR) is 89.4 cm³/mol. The summed E-state index contributed by atoms with van der Waals surface area (Å²) in [4.78, 5) is 14.4. The maximum Gasteiger partial charge on any atom is 0.127 e. The van der Waals surface area contributed by atoms with Crippen molar-refractivity contribution in [1.29, 1.82) is 0 Å². The summed E-state index contributed by atoms with van der Waals surface area (Å²) in [5.74, 6) is 0.837. The zero-order valence-electron chi connectivity index (χ0n) is 14.5. The zero-order chi connectivity index (χ0) is 15.3. The van der Waals surface area contributed by atoms with E-state index in [2.05, 4.69) is 25.7 Å². The van der Waals surface area contributed by atoms with E-state index in [1.807, 2.05) is 0 Å². The van der Waals surface area contributed by atoms with Gasteiger partial charge in [0.15, 0.2) is 0 Å². The number of hydrogen-bond acceptors (Lipinski definition) is 2. The van der Waals surface area contributed by atoms with Crippen LogP contribution in [-0.2, 0) is 4.79 Å². The van der Waals surface area contributed by atoms with Gasteiger partial charge in [-0.2, -0.15) is 0 Å². The Bertz CT molecular complexity index is 323. The minimum Gasteiger partial charge on any atom is -0.303 e. The van der Waals surface area contributed by atoms with Crippen molar-refractivity contribution < 1.29 is 4.79 Å². The van der Waals surface area contributed by atoms with Crippen molar-refractivity contribution >= 4 is 6.29 Å². The number of hydrogen-bond donors (Lipinski definition) is 0. The van der Waals surface area contributed by atoms with Gasteiger partial charge in [-0.15, -0.1) is 0 Å². The van der Waals surface area contributed by atoms with Crippen molar-refractivity contribution in [3.63, 3.8) is 0 Å². The van der Waals surface area contributed by atoms with E-state index >= 15 is 0 Å². The van der Waals surface area contributed by atoms with Crippen LogP contribution in [0.5, 0.6) is 0 Å². The molecule has 0 radical (unpaired) electrons. The lowest BCUT2D eigenvalue weighted by Gasteiger charge is -2.34. The molecule has 2 aliphatic rings. The number of aldehydes is 1. The fourth-order valence-electron chi connectivity index (χ4n) is 4.37. The molecule has 0 spiro atoms. The lowest BCUT2D eigenvalue weighted by Crippen LogP contribution is -2.39. The molecule has 122 valence electrons. The fourth-order valence-corrected chi connectivity index (χ4v) is 4.37. The second-order valence-electron chi connectivity index (χ2n) is 8.66. The molecule has 2 rings (SSSR count). The molecule has 2 heteroatoms. The molecule has 1 aliphatic carbocycles. The largest absolute Gasteiger partial charge is 0.303 e. The SMILES string of the molecule is CC(C)(C)C1CCCN(CC2(C=O)CCCCCC2)CC1. The Morgan fingerprint density at radius 3 is 2.24 bits per heavy atom. The minimum atomic E-state index is -0.0297. The molecule has 1 aliphatic heterocycles. The molecule has 1 heterocycles. The summed E-state index contributed by atoms with van der Waals surface area (Å²) in [6.45, 7) is 10.6. The second-order valence-corrected chi connectivity index (χ2v) is 8.66. The van der Waals surface area contributed by atoms with Crippen LogP contribution < -0.4 is 0 Å². The maximum absolute atomic E-state index is 11.8. The monoisotopic (exact) mass is 293 g/mol. The number of likely N-dealkylation sites (tertiary alicyclic amines) is 1. The Morgan fingerprint density at radius 1 is 1.00 bits per heavy atom. The summed E-state index contributed by atoms with van der Waals surface area (Å²) in [6.07, 6.45) is 12.6. The highest BCUT2D eigenvalue weighted by Crippen LogP contribution is 2.37. The average Bonchev–Trinajstić information content (AvgIpc) is 2.79. The number of carbonyl (C=O) groups excluding carboxylic acids is 1. The topological polar surface area (TPSA) is 20.3 Å². The minimum absolute atomic E-state index is 0.0297. The van der Waals surface area contributed by atoms with Gasteiger partial charge in [0.25, 0.3) is 0 Å². The van der Waals surface area contributed by atoms with Gasteiger partial charge in [-0.3, -0.25) is 0 Å². The number of nitrogens with zero attached hydrogens (tertiary/aromatic N) is 1. The molecule has 0 N–H and O–H groups in total. The van der Waals surface area contributed by atoms with Crippen LogP contribution in [0, 0.1) is 16.7 Å². The van der Waals surface area contributed by atoms with Crippen LogP contribution in [0.15, 0.2) is 0 Å². The molecule has 0 aromatic rings. The molecule has 2 nitrogen and oxygen atoms in total. The lowest BCUT2D eigenvalue weighted by molar-refractivity contribution is -0.118. The van der Waals surface area contributed by atoms with Crippen molar-refractivity contribution in [1.82, 2.24) is 4.90 Å². The zero-order valence-corrected chi connectivity index (χ0v) is 14.5. The molecule has 0 aromatic carbocycles. The van der Waals surface area contributed by atoms with Crippen molar-refractivity contribution in [3.05, 3.63) is 0 Å². The molecule has 0 aromatic heterocycles. The third-order valence-electron chi connectivity index (χ3n) is 5.93. The van der Waals surface area contributed by atoms with E-state index in [4.69, 9.17) is 0 Å². The van der Waals surface area contributed by atoms with E-state index in [0.717, 1.165) is 25.3 Å². The smallest absolute Gasteiger partial charge is 0.127 e. The van der Waals surface area contributed by atoms with Gasteiger partial charge in [0, 0.05) is 12.0 Å². The van der Waals surface area contributed by atoms with Gasteiger partial charge in [-0.1, -0.05) is 46.5 Å². The highest BCUT2D eigenvalue weighted by molar-refractivity contribution is 5.59. The van der Waals surface area contributed by atoms with E-state index in [9.17, 15) is 4.79 Å². The van der Waals surface area contributed by atoms with E-state index in [0.29, 0.717) is 5.41 Å². The Hall–Kier alpha value is -0.370. The first kappa shape index (κ1) is 17.0. The summed E-state index contributed by atoms with van der Waals surface area (Å²) >= 11 is 0. The predicted octanol–water partition coefficient (Wildman–Crippen LogP) is 4.67. The van der Waals surface area contributed by atoms with Gasteiger partial charge in [0.05, 0.1) is 0 Å². The van der Waals surface area contributed by atoms with Gasteiger partial charge >= 0.3 is 0 Å². The number of carbonyl (C=O) groups is 1. The van der Waals surface area contributed by atoms with Crippen molar-refractivity contribution in [2.45, 2.75) is 78.6 Å². The first-order valence-electron chi connectivity index (χ1n) is 9.14. The quantitative estimate of drug-likeness (QED) is 0.556. The summed E-state index contributed by atoms with van der Waals surface area (Å²) in [7, 11) is 0. The summed E-state index contributed by atoms with van der Waals surface area (Å²) < 4.78 is 0. The molecule has 1 saturated carbocycles. The molecular formula is C19H35NO. The Kier molecular flexibility index (Phi) is 5.88. The van der Waals surface area contributed by atoms with Gasteiger partial charge in [-0.25, -0.2) is 0 Å². The first-order valence-corrected chi connectivity index (χ1v) is 9.14. The van der Waals surface area contributed by atoms with Crippen LogP contribution in [0.3, 0.4) is 0 Å². The van der Waals surface area contributed by atoms with Crippen LogP contribution in [0.25, 0.3) is 0 Å². The molecule has 1 unspecified atom stereocenters. The Balaban J connectivity index is 1.94. The Labute approximate surface area is 131 Å². The average molecular weight is 293 g/mol. The summed E-state index contributed by atoms with van der Waals surface area (Å²) in [6, 6.07) is 0. The standard InChI is InChI=1S/C19H35NO/c1-18(2,3)17-9-8-13-20(14-10-17)15-19(16-21)11-6-4-5-7-12-19/h16-17H,4-15H2,1-3H3. The van der Waals surface area contributed by atoms with Crippen molar-refractivity contribution in [2.24, 2.45) is 16.7 Å². The van der Waals surface area contributed by atoms with E-state index in [1.54, 1.807) is 0 Å². The second kappa shape index (κ2) is 7.26. The highest BCUT2D eigenvalue weighted by Gasteiger charge is 2.34. The molecule has 21 heavy (non-hydrogen) atoms. The van der Waals surface area contributed by atoms with Gasteiger partial charge in [-0.05, 0) is 56.5 Å². The van der Waals surface area contributed by atoms with E-state index in [-0.39, 0.29) is 5.41 Å². The maximum atomic E-state index is 11.8. The Morgan fingerprint density at radius 2 is 1.67 bits per heavy atom. The summed E-state index contributed by atoms with van der Waals surface area (Å²) in [5, 5.41) is 0. The molecule has 2 fully saturated rings. The molecule has 1 saturated heterocycles. The van der Waals surface area contributed by atoms with Crippen molar-refractivity contribution in [2.75, 3.05) is 19.6 Å². The molecule has 0 amide bonds.